The Bertz CT molecular complexity index is 1040. The van der Waals surface area contributed by atoms with Crippen LogP contribution in [0.1, 0.15) is 19.4 Å². The van der Waals surface area contributed by atoms with Gasteiger partial charge in [0.25, 0.3) is 0 Å². The van der Waals surface area contributed by atoms with E-state index in [2.05, 4.69) is 15.0 Å². The molecule has 1 amide bonds. The fraction of sp³-hybridized carbons (Fsp3) is 0.429. The first-order chi connectivity index (χ1) is 14.7. The molecule has 2 heterocycles. The van der Waals surface area contributed by atoms with Crippen molar-refractivity contribution in [2.45, 2.75) is 31.3 Å². The van der Waals surface area contributed by atoms with Crippen LogP contribution < -0.4 is 24.4 Å². The summed E-state index contributed by atoms with van der Waals surface area (Å²) in [5, 5.41) is 2.82. The molecule has 0 radical (unpaired) electrons. The van der Waals surface area contributed by atoms with E-state index in [1.807, 2.05) is 25.1 Å². The summed E-state index contributed by atoms with van der Waals surface area (Å²) in [5.41, 5.74) is 0.832. The molecule has 0 saturated heterocycles. The number of pyridine rings is 1. The average Bonchev–Trinajstić information content (AvgIpc) is 2.75. The summed E-state index contributed by atoms with van der Waals surface area (Å²) in [6.45, 7) is 4.57. The molecule has 0 bridgehead atoms. The Morgan fingerprint density at radius 1 is 1.16 bits per heavy atom. The van der Waals surface area contributed by atoms with Gasteiger partial charge in [-0.2, -0.15) is 4.72 Å². The molecule has 2 N–H and O–H groups in total. The second-order valence-electron chi connectivity index (χ2n) is 7.75. The molecule has 31 heavy (non-hydrogen) atoms. The first kappa shape index (κ1) is 22.8. The summed E-state index contributed by atoms with van der Waals surface area (Å²) in [5.74, 6) is 0.920. The van der Waals surface area contributed by atoms with Crippen molar-refractivity contribution in [1.82, 2.24) is 15.0 Å². The number of amides is 1. The fourth-order valence-electron chi connectivity index (χ4n) is 3.18. The van der Waals surface area contributed by atoms with Gasteiger partial charge in [-0.3, -0.25) is 4.79 Å². The molecule has 1 aliphatic heterocycles. The average molecular weight is 449 g/mol. The van der Waals surface area contributed by atoms with Gasteiger partial charge in [0.05, 0.1) is 4.90 Å². The summed E-state index contributed by atoms with van der Waals surface area (Å²) in [4.78, 5) is 19.0. The first-order valence-corrected chi connectivity index (χ1v) is 11.5. The maximum absolute atomic E-state index is 13.0. The van der Waals surface area contributed by atoms with E-state index < -0.39 is 22.0 Å². The Morgan fingerprint density at radius 3 is 2.55 bits per heavy atom. The summed E-state index contributed by atoms with van der Waals surface area (Å²) in [6, 6.07) is 7.11. The largest absolute Gasteiger partial charge is 0.486 e. The molecule has 9 nitrogen and oxygen atoms in total. The molecule has 1 aromatic heterocycles. The second-order valence-corrected chi connectivity index (χ2v) is 9.46. The van der Waals surface area contributed by atoms with E-state index in [1.165, 1.54) is 12.1 Å². The van der Waals surface area contributed by atoms with Crippen LogP contribution in [-0.2, 0) is 21.4 Å². The predicted molar refractivity (Wildman–Crippen MR) is 117 cm³/mol. The van der Waals surface area contributed by atoms with Gasteiger partial charge in [0.1, 0.15) is 25.1 Å². The van der Waals surface area contributed by atoms with Crippen LogP contribution in [0.25, 0.3) is 0 Å². The zero-order chi connectivity index (χ0) is 22.6. The minimum Gasteiger partial charge on any atom is -0.486 e. The molecule has 1 atom stereocenters. The third-order valence-corrected chi connectivity index (χ3v) is 6.24. The minimum absolute atomic E-state index is 0.0114. The number of hydrogen-bond acceptors (Lipinski definition) is 7. The molecular weight excluding hydrogens is 420 g/mol. The Labute approximate surface area is 182 Å². The molecule has 3 rings (SSSR count). The molecule has 0 fully saturated rings. The van der Waals surface area contributed by atoms with E-state index >= 15 is 0 Å². The molecule has 0 aliphatic carbocycles. The maximum atomic E-state index is 13.0. The molecule has 2 aromatic rings. The highest BCUT2D eigenvalue weighted by Gasteiger charge is 2.29. The molecular formula is C21H28N4O5S. The van der Waals surface area contributed by atoms with Gasteiger partial charge in [0.2, 0.25) is 15.9 Å². The van der Waals surface area contributed by atoms with Gasteiger partial charge in [0.15, 0.2) is 11.5 Å². The number of ether oxygens (including phenoxy) is 2. The van der Waals surface area contributed by atoms with Crippen LogP contribution in [0.5, 0.6) is 11.5 Å². The Balaban J connectivity index is 1.74. The zero-order valence-corrected chi connectivity index (χ0v) is 18.9. The van der Waals surface area contributed by atoms with Crippen molar-refractivity contribution >= 4 is 21.7 Å². The molecule has 0 spiro atoms. The van der Waals surface area contributed by atoms with Gasteiger partial charge in [-0.25, -0.2) is 13.4 Å². The number of aromatic nitrogens is 1. The third-order valence-electron chi connectivity index (χ3n) is 4.80. The fourth-order valence-corrected chi connectivity index (χ4v) is 4.54. The van der Waals surface area contributed by atoms with E-state index in [0.717, 1.165) is 11.4 Å². The lowest BCUT2D eigenvalue weighted by atomic mass is 10.0. The van der Waals surface area contributed by atoms with Crippen molar-refractivity contribution in [3.8, 4) is 11.5 Å². The van der Waals surface area contributed by atoms with Crippen molar-refractivity contribution < 1.29 is 22.7 Å². The van der Waals surface area contributed by atoms with Crippen molar-refractivity contribution in [2.24, 2.45) is 5.92 Å². The van der Waals surface area contributed by atoms with Crippen LogP contribution in [0.4, 0.5) is 5.82 Å². The van der Waals surface area contributed by atoms with Crippen LogP contribution in [0.3, 0.4) is 0 Å². The van der Waals surface area contributed by atoms with E-state index in [1.54, 1.807) is 32.2 Å². The zero-order valence-electron chi connectivity index (χ0n) is 18.1. The van der Waals surface area contributed by atoms with Crippen molar-refractivity contribution in [3.63, 3.8) is 0 Å². The van der Waals surface area contributed by atoms with Crippen LogP contribution in [0, 0.1) is 5.92 Å². The smallest absolute Gasteiger partial charge is 0.241 e. The van der Waals surface area contributed by atoms with Crippen LogP contribution >= 0.6 is 0 Å². The number of anilines is 1. The number of sulfonamides is 1. The van der Waals surface area contributed by atoms with Crippen LogP contribution in [0.2, 0.25) is 0 Å². The lowest BCUT2D eigenvalue weighted by Gasteiger charge is -2.23. The van der Waals surface area contributed by atoms with E-state index in [-0.39, 0.29) is 17.4 Å². The minimum atomic E-state index is -3.95. The predicted octanol–water partition coefficient (Wildman–Crippen LogP) is 1.54. The highest BCUT2D eigenvalue weighted by atomic mass is 32.2. The number of nitrogens with one attached hydrogen (secondary N) is 2. The molecule has 0 saturated carbocycles. The normalized spacial score (nSPS) is 14.2. The summed E-state index contributed by atoms with van der Waals surface area (Å²) in [6.07, 6.45) is 1.68. The quantitative estimate of drug-likeness (QED) is 0.630. The Morgan fingerprint density at radius 2 is 1.87 bits per heavy atom. The number of fused-ring (bicyclic) bond motifs is 1. The molecule has 0 unspecified atom stereocenters. The van der Waals surface area contributed by atoms with Gasteiger partial charge >= 0.3 is 0 Å². The third kappa shape index (κ3) is 5.45. The van der Waals surface area contributed by atoms with Crippen LogP contribution in [0.15, 0.2) is 41.4 Å². The summed E-state index contributed by atoms with van der Waals surface area (Å²) < 4.78 is 39.3. The number of carbonyl (C=O) groups excluding carboxylic acids is 1. The monoisotopic (exact) mass is 448 g/mol. The molecule has 168 valence electrons. The van der Waals surface area contributed by atoms with Gasteiger partial charge in [-0.05, 0) is 24.1 Å². The van der Waals surface area contributed by atoms with Gasteiger partial charge in [-0.15, -0.1) is 0 Å². The summed E-state index contributed by atoms with van der Waals surface area (Å²) >= 11 is 0. The standard InChI is InChI=1S/C21H28N4O5S/c1-14(2)19(21(26)23-13-15-6-5-9-22-20(15)25(3)4)24-31(27,28)16-7-8-17-18(12-16)30-11-10-29-17/h5-9,12,14,19,24H,10-11,13H2,1-4H3,(H,23,26)/t19-/m0/s1. The Hall–Kier alpha value is -2.85. The van der Waals surface area contributed by atoms with Crippen molar-refractivity contribution in [1.29, 1.82) is 0 Å². The first-order valence-electron chi connectivity index (χ1n) is 10.00. The summed E-state index contributed by atoms with van der Waals surface area (Å²) in [7, 11) is -0.220. The highest BCUT2D eigenvalue weighted by molar-refractivity contribution is 7.89. The number of rotatable bonds is 8. The number of carbonyl (C=O) groups is 1. The van der Waals surface area contributed by atoms with Gasteiger partial charge in [0, 0.05) is 38.5 Å². The lowest BCUT2D eigenvalue weighted by molar-refractivity contribution is -0.123. The molecule has 10 heteroatoms. The van der Waals surface area contributed by atoms with E-state index in [0.29, 0.717) is 24.7 Å². The van der Waals surface area contributed by atoms with Crippen molar-refractivity contribution in [3.05, 3.63) is 42.1 Å². The van der Waals surface area contributed by atoms with E-state index in [9.17, 15) is 13.2 Å². The van der Waals surface area contributed by atoms with Gasteiger partial charge in [-0.1, -0.05) is 19.9 Å². The molecule has 1 aromatic carbocycles. The number of benzene rings is 1. The topological polar surface area (TPSA) is 110 Å². The van der Waals surface area contributed by atoms with Crippen molar-refractivity contribution in [2.75, 3.05) is 32.2 Å². The lowest BCUT2D eigenvalue weighted by Crippen LogP contribution is -2.49. The van der Waals surface area contributed by atoms with E-state index in [4.69, 9.17) is 9.47 Å². The number of nitrogens with zero attached hydrogens (tertiary/aromatic N) is 2. The van der Waals surface area contributed by atoms with Crippen LogP contribution in [-0.4, -0.2) is 52.7 Å². The molecule has 1 aliphatic rings. The second kappa shape index (κ2) is 9.52. The SMILES string of the molecule is CC(C)[C@H](NS(=O)(=O)c1ccc2c(c1)OCCO2)C(=O)NCc1cccnc1N(C)C. The Kier molecular flexibility index (Phi) is 7.01. The maximum Gasteiger partial charge on any atom is 0.241 e. The highest BCUT2D eigenvalue weighted by Crippen LogP contribution is 2.32. The van der Waals surface area contributed by atoms with Gasteiger partial charge < -0.3 is 19.7 Å². The number of hydrogen-bond donors (Lipinski definition) is 2.